The zero-order valence-electron chi connectivity index (χ0n) is 17.8. The zero-order valence-corrected chi connectivity index (χ0v) is 17.8. The van der Waals surface area contributed by atoms with Crippen LogP contribution in [0.1, 0.15) is 52.5 Å². The molecule has 0 aliphatic carbocycles. The van der Waals surface area contributed by atoms with Gasteiger partial charge in [0.25, 0.3) is 11.8 Å². The Hall–Kier alpha value is -3.68. The van der Waals surface area contributed by atoms with Crippen LogP contribution >= 0.6 is 0 Å². The van der Waals surface area contributed by atoms with Gasteiger partial charge in [-0.1, -0.05) is 12.1 Å². The van der Waals surface area contributed by atoms with Gasteiger partial charge < -0.3 is 20.3 Å². The molecule has 2 aliphatic rings. The third kappa shape index (κ3) is 4.64. The maximum atomic E-state index is 12.8. The third-order valence-electron chi connectivity index (χ3n) is 5.68. The predicted molar refractivity (Wildman–Crippen MR) is 118 cm³/mol. The fraction of sp³-hybridized carbons (Fsp3) is 0.333. The molecule has 1 saturated heterocycles. The molecular formula is C24H25N3O5. The Morgan fingerprint density at radius 2 is 1.97 bits per heavy atom. The summed E-state index contributed by atoms with van der Waals surface area (Å²) < 4.78 is 5.50. The second kappa shape index (κ2) is 9.21. The summed E-state index contributed by atoms with van der Waals surface area (Å²) in [5.74, 6) is -0.302. The molecule has 1 atom stereocenters. The lowest BCUT2D eigenvalue weighted by atomic mass is 10.1. The van der Waals surface area contributed by atoms with E-state index in [1.54, 1.807) is 41.3 Å². The standard InChI is InChI=1S/C24H25N3O5/c1-15(28)17-8-9-21-20(12-17)27(22(29)14-32-21)13-16-5-4-6-18(11-16)23(30)26-19-7-2-3-10-25-24(19)31/h4-6,8-9,11-12,19H,2-3,7,10,13-14H2,1H3,(H,25,31)(H,26,30). The predicted octanol–water partition coefficient (Wildman–Crippen LogP) is 2.21. The van der Waals surface area contributed by atoms with Crippen LogP contribution in [0.5, 0.6) is 5.75 Å². The normalized spacial score (nSPS) is 18.2. The van der Waals surface area contributed by atoms with Crippen molar-refractivity contribution in [2.24, 2.45) is 0 Å². The number of nitrogens with one attached hydrogen (secondary N) is 2. The Morgan fingerprint density at radius 1 is 1.12 bits per heavy atom. The van der Waals surface area contributed by atoms with Gasteiger partial charge >= 0.3 is 0 Å². The van der Waals surface area contributed by atoms with Gasteiger partial charge in [0.15, 0.2) is 12.4 Å². The van der Waals surface area contributed by atoms with E-state index in [-0.39, 0.29) is 36.7 Å². The number of nitrogens with zero attached hydrogens (tertiary/aromatic N) is 1. The average Bonchev–Trinajstić information content (AvgIpc) is 2.99. The SMILES string of the molecule is CC(=O)c1ccc2c(c1)N(Cc1cccc(C(=O)NC3CCCCNC3=O)c1)C(=O)CO2. The summed E-state index contributed by atoms with van der Waals surface area (Å²) in [5.41, 5.74) is 2.18. The van der Waals surface area contributed by atoms with Crippen molar-refractivity contribution in [3.8, 4) is 5.75 Å². The smallest absolute Gasteiger partial charge is 0.265 e. The number of anilines is 1. The molecular weight excluding hydrogens is 410 g/mol. The minimum atomic E-state index is -0.550. The van der Waals surface area contributed by atoms with E-state index in [9.17, 15) is 19.2 Å². The molecule has 2 heterocycles. The van der Waals surface area contributed by atoms with Crippen LogP contribution in [0.2, 0.25) is 0 Å². The minimum absolute atomic E-state index is 0.0939. The molecule has 0 aromatic heterocycles. The quantitative estimate of drug-likeness (QED) is 0.701. The Kier molecular flexibility index (Phi) is 6.20. The number of carbonyl (C=O) groups excluding carboxylic acids is 4. The summed E-state index contributed by atoms with van der Waals surface area (Å²) in [5, 5.41) is 5.62. The summed E-state index contributed by atoms with van der Waals surface area (Å²) in [7, 11) is 0. The third-order valence-corrected chi connectivity index (χ3v) is 5.68. The number of rotatable bonds is 5. The van der Waals surface area contributed by atoms with Crippen LogP contribution < -0.4 is 20.3 Å². The summed E-state index contributed by atoms with van der Waals surface area (Å²) in [4.78, 5) is 50.8. The first-order chi connectivity index (χ1) is 15.4. The van der Waals surface area contributed by atoms with E-state index in [0.717, 1.165) is 18.4 Å². The van der Waals surface area contributed by atoms with E-state index in [2.05, 4.69) is 10.6 Å². The number of amides is 3. The molecule has 2 aliphatic heterocycles. The Morgan fingerprint density at radius 3 is 2.78 bits per heavy atom. The first-order valence-electron chi connectivity index (χ1n) is 10.7. The van der Waals surface area contributed by atoms with Crippen molar-refractivity contribution in [3.05, 3.63) is 59.2 Å². The first kappa shape index (κ1) is 21.5. The highest BCUT2D eigenvalue weighted by Crippen LogP contribution is 2.34. The molecule has 0 bridgehead atoms. The van der Waals surface area contributed by atoms with Gasteiger partial charge in [0.1, 0.15) is 11.8 Å². The molecule has 0 spiro atoms. The lowest BCUT2D eigenvalue weighted by Gasteiger charge is -2.30. The van der Waals surface area contributed by atoms with Gasteiger partial charge in [0.05, 0.1) is 12.2 Å². The average molecular weight is 435 g/mol. The van der Waals surface area contributed by atoms with E-state index >= 15 is 0 Å². The van der Waals surface area contributed by atoms with Crippen molar-refractivity contribution in [1.29, 1.82) is 0 Å². The molecule has 2 N–H and O–H groups in total. The molecule has 32 heavy (non-hydrogen) atoms. The largest absolute Gasteiger partial charge is 0.482 e. The van der Waals surface area contributed by atoms with Gasteiger partial charge in [-0.15, -0.1) is 0 Å². The Labute approximate surface area is 185 Å². The molecule has 3 amide bonds. The number of Topliss-reactive ketones (excluding diaryl/α,β-unsaturated/α-hetero) is 1. The van der Waals surface area contributed by atoms with Gasteiger partial charge in [-0.2, -0.15) is 0 Å². The van der Waals surface area contributed by atoms with Gasteiger partial charge in [-0.3, -0.25) is 19.2 Å². The van der Waals surface area contributed by atoms with Crippen molar-refractivity contribution >= 4 is 29.2 Å². The number of ether oxygens (including phenoxy) is 1. The van der Waals surface area contributed by atoms with Crippen molar-refractivity contribution in [1.82, 2.24) is 10.6 Å². The van der Waals surface area contributed by atoms with Gasteiger partial charge in [0, 0.05) is 17.7 Å². The lowest BCUT2D eigenvalue weighted by Crippen LogP contribution is -2.45. The number of benzene rings is 2. The number of ketones is 1. The van der Waals surface area contributed by atoms with Crippen molar-refractivity contribution in [2.45, 2.75) is 38.8 Å². The van der Waals surface area contributed by atoms with Crippen LogP contribution in [0.3, 0.4) is 0 Å². The van der Waals surface area contributed by atoms with Gasteiger partial charge in [-0.25, -0.2) is 0 Å². The second-order valence-corrected chi connectivity index (χ2v) is 8.02. The second-order valence-electron chi connectivity index (χ2n) is 8.02. The monoisotopic (exact) mass is 435 g/mol. The highest BCUT2D eigenvalue weighted by molar-refractivity contribution is 6.01. The summed E-state index contributed by atoms with van der Waals surface area (Å²) >= 11 is 0. The molecule has 2 aromatic rings. The zero-order chi connectivity index (χ0) is 22.7. The first-order valence-corrected chi connectivity index (χ1v) is 10.7. The van der Waals surface area contributed by atoms with E-state index < -0.39 is 6.04 Å². The number of carbonyl (C=O) groups is 4. The summed E-state index contributed by atoms with van der Waals surface area (Å²) in [6, 6.07) is 11.4. The van der Waals surface area contributed by atoms with Gasteiger partial charge in [-0.05, 0) is 62.1 Å². The Balaban J connectivity index is 1.53. The number of hydrogen-bond donors (Lipinski definition) is 2. The van der Waals surface area contributed by atoms with Crippen LogP contribution in [0.15, 0.2) is 42.5 Å². The van der Waals surface area contributed by atoms with E-state index in [1.165, 1.54) is 6.92 Å². The molecule has 166 valence electrons. The van der Waals surface area contributed by atoms with Crippen LogP contribution in [-0.2, 0) is 16.1 Å². The molecule has 2 aromatic carbocycles. The lowest BCUT2D eigenvalue weighted by molar-refractivity contribution is -0.123. The molecule has 4 rings (SSSR count). The van der Waals surface area contributed by atoms with Crippen molar-refractivity contribution < 1.29 is 23.9 Å². The number of hydrogen-bond acceptors (Lipinski definition) is 5. The molecule has 1 unspecified atom stereocenters. The highest BCUT2D eigenvalue weighted by atomic mass is 16.5. The van der Waals surface area contributed by atoms with E-state index in [1.807, 2.05) is 6.07 Å². The topological polar surface area (TPSA) is 105 Å². The van der Waals surface area contributed by atoms with Crippen molar-refractivity contribution in [2.75, 3.05) is 18.1 Å². The van der Waals surface area contributed by atoms with E-state index in [4.69, 9.17) is 4.74 Å². The van der Waals surface area contributed by atoms with Crippen LogP contribution in [0, 0.1) is 0 Å². The van der Waals surface area contributed by atoms with Crippen LogP contribution in [0.25, 0.3) is 0 Å². The maximum absolute atomic E-state index is 12.8. The summed E-state index contributed by atoms with van der Waals surface area (Å²) in [6.07, 6.45) is 2.37. The maximum Gasteiger partial charge on any atom is 0.265 e. The van der Waals surface area contributed by atoms with E-state index in [0.29, 0.717) is 35.5 Å². The fourth-order valence-electron chi connectivity index (χ4n) is 3.91. The highest BCUT2D eigenvalue weighted by Gasteiger charge is 2.27. The molecule has 0 radical (unpaired) electrons. The molecule has 0 saturated carbocycles. The molecule has 1 fully saturated rings. The van der Waals surface area contributed by atoms with Gasteiger partial charge in [0.2, 0.25) is 5.91 Å². The van der Waals surface area contributed by atoms with Crippen molar-refractivity contribution in [3.63, 3.8) is 0 Å². The molecule has 8 nitrogen and oxygen atoms in total. The Bertz CT molecular complexity index is 1080. The minimum Gasteiger partial charge on any atom is -0.482 e. The van der Waals surface area contributed by atoms with Crippen LogP contribution in [0.4, 0.5) is 5.69 Å². The number of fused-ring (bicyclic) bond motifs is 1. The fourth-order valence-corrected chi connectivity index (χ4v) is 3.91. The van der Waals surface area contributed by atoms with Crippen LogP contribution in [-0.4, -0.2) is 42.7 Å². The molecule has 8 heteroatoms. The summed E-state index contributed by atoms with van der Waals surface area (Å²) in [6.45, 7) is 2.22.